The third-order valence-corrected chi connectivity index (χ3v) is 5.44. The van der Waals surface area contributed by atoms with Crippen LogP contribution in [-0.2, 0) is 14.3 Å². The lowest BCUT2D eigenvalue weighted by atomic mass is 9.89. The van der Waals surface area contributed by atoms with E-state index in [4.69, 9.17) is 19.7 Å². The first-order valence-electron chi connectivity index (χ1n) is 10.3. The highest BCUT2D eigenvalue weighted by Gasteiger charge is 2.41. The van der Waals surface area contributed by atoms with Crippen LogP contribution >= 0.6 is 0 Å². The smallest absolute Gasteiger partial charge is 0.303 e. The minimum absolute atomic E-state index is 0.186. The van der Waals surface area contributed by atoms with E-state index in [0.717, 1.165) is 51.4 Å². The van der Waals surface area contributed by atoms with Gasteiger partial charge in [-0.3, -0.25) is 4.79 Å². The van der Waals surface area contributed by atoms with E-state index in [2.05, 4.69) is 24.3 Å². The summed E-state index contributed by atoms with van der Waals surface area (Å²) in [5, 5.41) is 17.5. The summed E-state index contributed by atoms with van der Waals surface area (Å²) >= 11 is 0. The standard InChI is InChI=1S/C22H38O5/c1-26-20-17-21(27-2)19(14-10-6-7-11-15-22(24)25)18(20)13-9-5-3-4-8-12-16-23/h6,9-10,13,18-21,23H,3-5,7-8,11-12,14-17H2,1-2H3,(H,24,25)/t18-,19?,20-,21+/m1/s1. The summed E-state index contributed by atoms with van der Waals surface area (Å²) in [6.07, 6.45) is 18.2. The fourth-order valence-electron chi connectivity index (χ4n) is 3.91. The molecular formula is C22H38O5. The maximum atomic E-state index is 10.6. The molecule has 0 aromatic carbocycles. The number of unbranched alkanes of at least 4 members (excludes halogenated alkanes) is 5. The first-order chi connectivity index (χ1) is 13.1. The molecule has 0 aromatic rings. The molecule has 0 aromatic heterocycles. The number of aliphatic hydroxyl groups is 1. The maximum absolute atomic E-state index is 10.6. The lowest BCUT2D eigenvalue weighted by Gasteiger charge is -2.22. The number of aliphatic carboxylic acids is 1. The SMILES string of the molecule is CO[C@H]1C[C@@H](OC)[C@H](C=CCCCCCCO)C1CC=CCCCC(=O)O. The predicted molar refractivity (Wildman–Crippen MR) is 108 cm³/mol. The zero-order chi connectivity index (χ0) is 19.9. The molecule has 1 aliphatic carbocycles. The Morgan fingerprint density at radius 3 is 2.33 bits per heavy atom. The summed E-state index contributed by atoms with van der Waals surface area (Å²) < 4.78 is 11.4. The number of carboxylic acids is 1. The second kappa shape index (κ2) is 14.8. The van der Waals surface area contributed by atoms with E-state index in [9.17, 15) is 4.79 Å². The van der Waals surface area contributed by atoms with Gasteiger partial charge >= 0.3 is 5.97 Å². The van der Waals surface area contributed by atoms with Crippen molar-refractivity contribution in [2.45, 2.75) is 76.4 Å². The zero-order valence-corrected chi connectivity index (χ0v) is 17.0. The van der Waals surface area contributed by atoms with Crippen LogP contribution in [0, 0.1) is 11.8 Å². The lowest BCUT2D eigenvalue weighted by molar-refractivity contribution is -0.137. The van der Waals surface area contributed by atoms with Crippen LogP contribution in [0.4, 0.5) is 0 Å². The molecule has 27 heavy (non-hydrogen) atoms. The second-order valence-corrected chi connectivity index (χ2v) is 7.37. The molecular weight excluding hydrogens is 344 g/mol. The van der Waals surface area contributed by atoms with Crippen molar-refractivity contribution in [2.24, 2.45) is 11.8 Å². The molecule has 1 aliphatic rings. The summed E-state index contributed by atoms with van der Waals surface area (Å²) in [7, 11) is 3.55. The molecule has 1 unspecified atom stereocenters. The van der Waals surface area contributed by atoms with E-state index in [1.54, 1.807) is 14.2 Å². The van der Waals surface area contributed by atoms with Crippen LogP contribution in [0.5, 0.6) is 0 Å². The molecule has 0 amide bonds. The summed E-state index contributed by atoms with van der Waals surface area (Å²) in [6.45, 7) is 0.289. The zero-order valence-electron chi connectivity index (χ0n) is 17.0. The topological polar surface area (TPSA) is 76.0 Å². The van der Waals surface area contributed by atoms with Crippen molar-refractivity contribution in [3.05, 3.63) is 24.3 Å². The van der Waals surface area contributed by atoms with Gasteiger partial charge in [-0.1, -0.05) is 37.1 Å². The van der Waals surface area contributed by atoms with Crippen LogP contribution in [-0.4, -0.2) is 49.2 Å². The molecule has 0 saturated heterocycles. The lowest BCUT2D eigenvalue weighted by Crippen LogP contribution is -2.22. The van der Waals surface area contributed by atoms with E-state index in [0.29, 0.717) is 18.3 Å². The third kappa shape index (κ3) is 9.54. The molecule has 156 valence electrons. The average molecular weight is 383 g/mol. The fourth-order valence-corrected chi connectivity index (χ4v) is 3.91. The van der Waals surface area contributed by atoms with Gasteiger partial charge in [0.15, 0.2) is 0 Å². The molecule has 5 nitrogen and oxygen atoms in total. The van der Waals surface area contributed by atoms with Crippen LogP contribution in [0.3, 0.4) is 0 Å². The Hall–Kier alpha value is -1.17. The van der Waals surface area contributed by atoms with Crippen molar-refractivity contribution in [1.82, 2.24) is 0 Å². The van der Waals surface area contributed by atoms with Crippen LogP contribution in [0.1, 0.15) is 64.2 Å². The molecule has 0 heterocycles. The Balaban J connectivity index is 2.50. The highest BCUT2D eigenvalue weighted by Crippen LogP contribution is 2.39. The highest BCUT2D eigenvalue weighted by atomic mass is 16.5. The highest BCUT2D eigenvalue weighted by molar-refractivity contribution is 5.66. The number of rotatable bonds is 15. The number of carboxylic acid groups (broad SMARTS) is 1. The second-order valence-electron chi connectivity index (χ2n) is 7.37. The quantitative estimate of drug-likeness (QED) is 0.325. The first kappa shape index (κ1) is 23.9. The molecule has 0 bridgehead atoms. The van der Waals surface area contributed by atoms with Gasteiger partial charge in [-0.25, -0.2) is 0 Å². The van der Waals surface area contributed by atoms with Gasteiger partial charge < -0.3 is 19.7 Å². The minimum Gasteiger partial charge on any atom is -0.481 e. The van der Waals surface area contributed by atoms with Gasteiger partial charge in [-0.2, -0.15) is 0 Å². The van der Waals surface area contributed by atoms with Crippen molar-refractivity contribution in [3.63, 3.8) is 0 Å². The van der Waals surface area contributed by atoms with Gasteiger partial charge in [0.1, 0.15) is 0 Å². The fraction of sp³-hybridized carbons (Fsp3) is 0.773. The number of allylic oxidation sites excluding steroid dienone is 3. The normalized spacial score (nSPS) is 25.7. The number of methoxy groups -OCH3 is 2. The summed E-state index contributed by atoms with van der Waals surface area (Å²) in [6, 6.07) is 0. The Morgan fingerprint density at radius 1 is 0.963 bits per heavy atom. The van der Waals surface area contributed by atoms with Crippen molar-refractivity contribution < 1.29 is 24.5 Å². The van der Waals surface area contributed by atoms with E-state index in [1.165, 1.54) is 0 Å². The first-order valence-corrected chi connectivity index (χ1v) is 10.3. The van der Waals surface area contributed by atoms with Crippen molar-refractivity contribution in [2.75, 3.05) is 20.8 Å². The average Bonchev–Trinajstić information content (AvgIpc) is 3.00. The molecule has 1 saturated carbocycles. The van der Waals surface area contributed by atoms with Crippen molar-refractivity contribution in [1.29, 1.82) is 0 Å². The predicted octanol–water partition coefficient (Wildman–Crippen LogP) is 4.35. The monoisotopic (exact) mass is 382 g/mol. The van der Waals surface area contributed by atoms with Gasteiger partial charge in [0.05, 0.1) is 12.2 Å². The van der Waals surface area contributed by atoms with Gasteiger partial charge in [0.2, 0.25) is 0 Å². The van der Waals surface area contributed by atoms with E-state index < -0.39 is 5.97 Å². The van der Waals surface area contributed by atoms with Crippen molar-refractivity contribution >= 4 is 5.97 Å². The Bertz CT molecular complexity index is 446. The molecule has 0 aliphatic heterocycles. The Morgan fingerprint density at radius 2 is 1.67 bits per heavy atom. The molecule has 4 atom stereocenters. The number of carbonyl (C=O) groups is 1. The third-order valence-electron chi connectivity index (χ3n) is 5.44. The van der Waals surface area contributed by atoms with E-state index >= 15 is 0 Å². The van der Waals surface area contributed by atoms with E-state index in [1.807, 2.05) is 0 Å². The number of ether oxygens (including phenoxy) is 2. The Labute approximate surface area is 164 Å². The summed E-state index contributed by atoms with van der Waals surface area (Å²) in [5.41, 5.74) is 0. The van der Waals surface area contributed by atoms with Crippen LogP contribution in [0.25, 0.3) is 0 Å². The van der Waals surface area contributed by atoms with Gasteiger partial charge in [0, 0.05) is 39.6 Å². The molecule has 5 heteroatoms. The summed E-state index contributed by atoms with van der Waals surface area (Å²) in [5.74, 6) is 0.00510. The molecule has 1 fully saturated rings. The van der Waals surface area contributed by atoms with Gasteiger partial charge in [-0.05, 0) is 44.4 Å². The largest absolute Gasteiger partial charge is 0.481 e. The molecule has 0 radical (unpaired) electrons. The number of aliphatic hydroxyl groups excluding tert-OH is 1. The number of hydrogen-bond donors (Lipinski definition) is 2. The molecule has 2 N–H and O–H groups in total. The van der Waals surface area contributed by atoms with Crippen LogP contribution in [0.2, 0.25) is 0 Å². The summed E-state index contributed by atoms with van der Waals surface area (Å²) in [4.78, 5) is 10.6. The van der Waals surface area contributed by atoms with Gasteiger partial charge in [-0.15, -0.1) is 0 Å². The minimum atomic E-state index is -0.733. The van der Waals surface area contributed by atoms with Crippen LogP contribution in [0.15, 0.2) is 24.3 Å². The maximum Gasteiger partial charge on any atom is 0.303 e. The Kier molecular flexibility index (Phi) is 13.1. The number of hydrogen-bond acceptors (Lipinski definition) is 4. The van der Waals surface area contributed by atoms with Gasteiger partial charge in [0.25, 0.3) is 0 Å². The molecule has 0 spiro atoms. The van der Waals surface area contributed by atoms with Crippen LogP contribution < -0.4 is 0 Å². The van der Waals surface area contributed by atoms with E-state index in [-0.39, 0.29) is 25.2 Å². The molecule has 1 rings (SSSR count). The van der Waals surface area contributed by atoms with Crippen molar-refractivity contribution in [3.8, 4) is 0 Å².